The van der Waals surface area contributed by atoms with Crippen LogP contribution in [0.5, 0.6) is 0 Å². The number of nitrogens with one attached hydrogen (secondary N) is 1. The van der Waals surface area contributed by atoms with Gasteiger partial charge in [0.1, 0.15) is 5.25 Å². The van der Waals surface area contributed by atoms with E-state index in [1.54, 1.807) is 0 Å². The normalized spacial score (nSPS) is 20.6. The molecule has 0 spiro atoms. The average molecular weight is 288 g/mol. The number of carbonyl (C=O) groups is 2. The number of carbonyl (C=O) groups excluding carboxylic acids is 2. The molecule has 1 aromatic rings. The zero-order valence-corrected chi connectivity index (χ0v) is 10.8. The maximum absolute atomic E-state index is 12.2. The van der Waals surface area contributed by atoms with Gasteiger partial charge < -0.3 is 0 Å². The van der Waals surface area contributed by atoms with Crippen molar-refractivity contribution < 1.29 is 18.0 Å². The number of benzene rings is 1. The van der Waals surface area contributed by atoms with Gasteiger partial charge in [-0.3, -0.25) is 14.9 Å². The lowest BCUT2D eigenvalue weighted by Crippen LogP contribution is -2.47. The van der Waals surface area contributed by atoms with Gasteiger partial charge in [-0.15, -0.1) is 0 Å². The lowest BCUT2D eigenvalue weighted by molar-refractivity contribution is -0.132. The molecule has 1 aromatic carbocycles. The molecule has 96 valence electrons. The molecular weight excluding hydrogens is 278 g/mol. The van der Waals surface area contributed by atoms with E-state index in [9.17, 15) is 18.0 Å². The summed E-state index contributed by atoms with van der Waals surface area (Å²) in [7, 11) is -3.77. The maximum atomic E-state index is 12.2. The Balaban J connectivity index is 2.34. The van der Waals surface area contributed by atoms with Crippen LogP contribution in [0.15, 0.2) is 29.2 Å². The van der Waals surface area contributed by atoms with Crippen LogP contribution in [0.4, 0.5) is 0 Å². The van der Waals surface area contributed by atoms with E-state index in [1.165, 1.54) is 24.3 Å². The van der Waals surface area contributed by atoms with Gasteiger partial charge in [0, 0.05) is 11.4 Å². The minimum Gasteiger partial charge on any atom is -0.295 e. The molecule has 2 amide bonds. The minimum absolute atomic E-state index is 0.00955. The summed E-state index contributed by atoms with van der Waals surface area (Å²) in [5.74, 6) is -1.20. The fraction of sp³-hybridized carbons (Fsp3) is 0.273. The van der Waals surface area contributed by atoms with Crippen molar-refractivity contribution in [1.82, 2.24) is 5.32 Å². The molecule has 1 atom stereocenters. The number of amides is 2. The molecule has 1 aliphatic heterocycles. The molecule has 5 nitrogen and oxygen atoms in total. The fourth-order valence-corrected chi connectivity index (χ4v) is 3.50. The van der Waals surface area contributed by atoms with Gasteiger partial charge in [0.2, 0.25) is 11.8 Å². The van der Waals surface area contributed by atoms with Gasteiger partial charge in [-0.05, 0) is 30.7 Å². The summed E-state index contributed by atoms with van der Waals surface area (Å²) >= 11 is 5.68. The first-order valence-corrected chi connectivity index (χ1v) is 7.17. The Kier molecular flexibility index (Phi) is 3.41. The van der Waals surface area contributed by atoms with Gasteiger partial charge in [-0.2, -0.15) is 0 Å². The Morgan fingerprint density at radius 1 is 1.17 bits per heavy atom. The lowest BCUT2D eigenvalue weighted by Gasteiger charge is -2.20. The van der Waals surface area contributed by atoms with Gasteiger partial charge in [-0.25, -0.2) is 8.42 Å². The Morgan fingerprint density at radius 3 is 2.33 bits per heavy atom. The molecule has 1 unspecified atom stereocenters. The minimum atomic E-state index is -3.77. The number of halogens is 1. The second-order valence-corrected chi connectivity index (χ2v) is 6.51. The first-order chi connectivity index (χ1) is 8.41. The summed E-state index contributed by atoms with van der Waals surface area (Å²) in [6.45, 7) is 0. The zero-order chi connectivity index (χ0) is 13.3. The van der Waals surface area contributed by atoms with Crippen molar-refractivity contribution >= 4 is 33.3 Å². The van der Waals surface area contributed by atoms with Crippen molar-refractivity contribution in [2.45, 2.75) is 23.0 Å². The van der Waals surface area contributed by atoms with Gasteiger partial charge >= 0.3 is 0 Å². The van der Waals surface area contributed by atoms with Crippen LogP contribution >= 0.6 is 11.6 Å². The summed E-state index contributed by atoms with van der Waals surface area (Å²) in [5, 5.41) is 1.24. The second-order valence-electron chi connectivity index (χ2n) is 3.94. The third-order valence-corrected chi connectivity index (χ3v) is 5.09. The standard InChI is InChI=1S/C11H10ClNO4S/c12-7-1-3-8(4-2-7)18(16,17)9-5-6-10(14)13-11(9)15/h1-4,9H,5-6H2,(H,13,14,15). The Bertz CT molecular complexity index is 594. The van der Waals surface area contributed by atoms with Crippen molar-refractivity contribution in [3.05, 3.63) is 29.3 Å². The van der Waals surface area contributed by atoms with E-state index in [-0.39, 0.29) is 17.7 Å². The lowest BCUT2D eigenvalue weighted by atomic mass is 10.1. The maximum Gasteiger partial charge on any atom is 0.245 e. The molecular formula is C11H10ClNO4S. The SMILES string of the molecule is O=C1CCC(S(=O)(=O)c2ccc(Cl)cc2)C(=O)N1. The number of sulfone groups is 1. The van der Waals surface area contributed by atoms with Crippen LogP contribution in [-0.4, -0.2) is 25.5 Å². The Hall–Kier alpha value is -1.40. The Labute approximate surface area is 109 Å². The van der Waals surface area contributed by atoms with Crippen LogP contribution < -0.4 is 5.32 Å². The molecule has 1 aliphatic rings. The monoisotopic (exact) mass is 287 g/mol. The van der Waals surface area contributed by atoms with Gasteiger partial charge in [0.15, 0.2) is 9.84 Å². The first kappa shape index (κ1) is 13.0. The first-order valence-electron chi connectivity index (χ1n) is 5.24. The quantitative estimate of drug-likeness (QED) is 0.820. The van der Waals surface area contributed by atoms with Crippen LogP contribution in [0, 0.1) is 0 Å². The van der Waals surface area contributed by atoms with E-state index in [2.05, 4.69) is 0 Å². The van der Waals surface area contributed by atoms with E-state index in [0.29, 0.717) is 5.02 Å². The molecule has 0 aromatic heterocycles. The highest BCUT2D eigenvalue weighted by Crippen LogP contribution is 2.23. The fourth-order valence-electron chi connectivity index (χ4n) is 1.76. The molecule has 2 rings (SSSR count). The number of hydrogen-bond acceptors (Lipinski definition) is 4. The molecule has 0 saturated carbocycles. The predicted octanol–water partition coefficient (Wildman–Crippen LogP) is 0.919. The molecule has 1 saturated heterocycles. The molecule has 18 heavy (non-hydrogen) atoms. The summed E-state index contributed by atoms with van der Waals surface area (Å²) in [4.78, 5) is 22.6. The van der Waals surface area contributed by atoms with Crippen LogP contribution in [0.3, 0.4) is 0 Å². The highest BCUT2D eigenvalue weighted by Gasteiger charge is 2.37. The van der Waals surface area contributed by atoms with Crippen molar-refractivity contribution in [1.29, 1.82) is 0 Å². The Morgan fingerprint density at radius 2 is 1.78 bits per heavy atom. The zero-order valence-electron chi connectivity index (χ0n) is 9.22. The summed E-state index contributed by atoms with van der Waals surface area (Å²) in [6, 6.07) is 5.59. The van der Waals surface area contributed by atoms with Crippen LogP contribution in [0.25, 0.3) is 0 Å². The number of hydrogen-bond donors (Lipinski definition) is 1. The molecule has 0 radical (unpaired) electrons. The van der Waals surface area contributed by atoms with E-state index in [4.69, 9.17) is 11.6 Å². The van der Waals surface area contributed by atoms with Crippen molar-refractivity contribution in [2.75, 3.05) is 0 Å². The topological polar surface area (TPSA) is 80.3 Å². The average Bonchev–Trinajstić information content (AvgIpc) is 2.29. The third kappa shape index (κ3) is 2.39. The summed E-state index contributed by atoms with van der Waals surface area (Å²) in [5.41, 5.74) is 0. The van der Waals surface area contributed by atoms with Crippen LogP contribution in [0.1, 0.15) is 12.8 Å². The molecule has 1 N–H and O–H groups in total. The number of rotatable bonds is 2. The van der Waals surface area contributed by atoms with Gasteiger partial charge in [0.05, 0.1) is 4.90 Å². The van der Waals surface area contributed by atoms with Crippen molar-refractivity contribution in [3.8, 4) is 0 Å². The number of piperidine rings is 1. The molecule has 1 fully saturated rings. The van der Waals surface area contributed by atoms with Gasteiger partial charge in [0.25, 0.3) is 0 Å². The smallest absolute Gasteiger partial charge is 0.245 e. The molecule has 0 aliphatic carbocycles. The highest BCUT2D eigenvalue weighted by molar-refractivity contribution is 7.92. The van der Waals surface area contributed by atoms with Crippen molar-refractivity contribution in [2.24, 2.45) is 0 Å². The molecule has 0 bridgehead atoms. The highest BCUT2D eigenvalue weighted by atomic mass is 35.5. The summed E-state index contributed by atoms with van der Waals surface area (Å²) in [6.07, 6.45) is 0.0405. The van der Waals surface area contributed by atoms with Crippen molar-refractivity contribution in [3.63, 3.8) is 0 Å². The number of imide groups is 1. The second kappa shape index (κ2) is 4.70. The van der Waals surface area contributed by atoms with E-state index >= 15 is 0 Å². The van der Waals surface area contributed by atoms with Gasteiger partial charge in [-0.1, -0.05) is 11.6 Å². The third-order valence-electron chi connectivity index (χ3n) is 2.71. The largest absolute Gasteiger partial charge is 0.295 e. The van der Waals surface area contributed by atoms with Crippen LogP contribution in [-0.2, 0) is 19.4 Å². The molecule has 1 heterocycles. The molecule has 7 heteroatoms. The van der Waals surface area contributed by atoms with E-state index in [1.807, 2.05) is 5.32 Å². The predicted molar refractivity (Wildman–Crippen MR) is 64.8 cm³/mol. The summed E-state index contributed by atoms with van der Waals surface area (Å²) < 4.78 is 24.4. The van der Waals surface area contributed by atoms with Crippen LogP contribution in [0.2, 0.25) is 5.02 Å². The van der Waals surface area contributed by atoms with E-state index < -0.39 is 26.9 Å². The van der Waals surface area contributed by atoms with E-state index in [0.717, 1.165) is 0 Å².